The SMILES string of the molecule is CC[C@]1(C)COO[C@H](C(C)C)O1. The summed E-state index contributed by atoms with van der Waals surface area (Å²) in [6.45, 7) is 8.76. The molecule has 2 atom stereocenters. The van der Waals surface area contributed by atoms with Crippen LogP contribution in [0.15, 0.2) is 0 Å². The van der Waals surface area contributed by atoms with Crippen molar-refractivity contribution in [1.29, 1.82) is 0 Å². The summed E-state index contributed by atoms with van der Waals surface area (Å²) in [5.41, 5.74) is -0.173. The third-order valence-electron chi connectivity index (χ3n) is 2.22. The molecule has 0 aliphatic carbocycles. The number of rotatable bonds is 2. The highest BCUT2D eigenvalue weighted by Gasteiger charge is 2.34. The normalized spacial score (nSPS) is 37.2. The molecule has 1 fully saturated rings. The van der Waals surface area contributed by atoms with Gasteiger partial charge in [-0.25, -0.2) is 9.78 Å². The molecule has 0 aromatic rings. The highest BCUT2D eigenvalue weighted by molar-refractivity contribution is 4.75. The fraction of sp³-hybridized carbons (Fsp3) is 1.00. The molecular formula is C9H18O3. The number of hydrogen-bond acceptors (Lipinski definition) is 3. The molecule has 1 rings (SSSR count). The summed E-state index contributed by atoms with van der Waals surface area (Å²) < 4.78 is 5.74. The van der Waals surface area contributed by atoms with Crippen molar-refractivity contribution in [2.24, 2.45) is 5.92 Å². The first-order chi connectivity index (χ1) is 5.57. The number of ether oxygens (including phenoxy) is 1. The summed E-state index contributed by atoms with van der Waals surface area (Å²) in [6.07, 6.45) is 0.725. The van der Waals surface area contributed by atoms with Crippen LogP contribution in [0.1, 0.15) is 34.1 Å². The van der Waals surface area contributed by atoms with Gasteiger partial charge in [-0.2, -0.15) is 0 Å². The van der Waals surface area contributed by atoms with Gasteiger partial charge in [0.05, 0.1) is 5.60 Å². The van der Waals surface area contributed by atoms with Gasteiger partial charge in [0.15, 0.2) is 6.29 Å². The van der Waals surface area contributed by atoms with Crippen LogP contribution in [0, 0.1) is 5.92 Å². The lowest BCUT2D eigenvalue weighted by Crippen LogP contribution is -2.45. The zero-order valence-electron chi connectivity index (χ0n) is 8.29. The fourth-order valence-corrected chi connectivity index (χ4v) is 0.992. The van der Waals surface area contributed by atoms with Crippen LogP contribution < -0.4 is 0 Å². The Hall–Kier alpha value is -0.120. The Morgan fingerprint density at radius 3 is 2.67 bits per heavy atom. The standard InChI is InChI=1S/C9H18O3/c1-5-9(4)6-10-12-8(11-9)7(2)3/h7-8H,5-6H2,1-4H3/t8-,9-/m1/s1. The maximum Gasteiger partial charge on any atom is 0.194 e. The van der Waals surface area contributed by atoms with E-state index < -0.39 is 0 Å². The quantitative estimate of drug-likeness (QED) is 0.600. The van der Waals surface area contributed by atoms with Crippen molar-refractivity contribution in [2.75, 3.05) is 6.61 Å². The Balaban J connectivity index is 2.51. The molecule has 3 nitrogen and oxygen atoms in total. The first kappa shape index (κ1) is 9.96. The first-order valence-corrected chi connectivity index (χ1v) is 4.53. The molecule has 0 aromatic heterocycles. The van der Waals surface area contributed by atoms with E-state index in [-0.39, 0.29) is 11.9 Å². The molecule has 0 bridgehead atoms. The Morgan fingerprint density at radius 2 is 2.17 bits per heavy atom. The lowest BCUT2D eigenvalue weighted by Gasteiger charge is -2.38. The maximum atomic E-state index is 5.74. The molecule has 1 aliphatic rings. The first-order valence-electron chi connectivity index (χ1n) is 4.53. The Morgan fingerprint density at radius 1 is 1.50 bits per heavy atom. The van der Waals surface area contributed by atoms with E-state index in [1.165, 1.54) is 0 Å². The third kappa shape index (κ3) is 2.19. The Kier molecular flexibility index (Phi) is 3.09. The van der Waals surface area contributed by atoms with Gasteiger partial charge in [0.1, 0.15) is 6.61 Å². The minimum absolute atomic E-state index is 0.173. The van der Waals surface area contributed by atoms with E-state index in [4.69, 9.17) is 14.5 Å². The largest absolute Gasteiger partial charge is 0.341 e. The van der Waals surface area contributed by atoms with Gasteiger partial charge in [-0.05, 0) is 13.3 Å². The van der Waals surface area contributed by atoms with Crippen molar-refractivity contribution in [2.45, 2.75) is 46.0 Å². The van der Waals surface area contributed by atoms with Crippen molar-refractivity contribution in [3.8, 4) is 0 Å². The van der Waals surface area contributed by atoms with E-state index in [2.05, 4.69) is 20.8 Å². The topological polar surface area (TPSA) is 27.7 Å². The van der Waals surface area contributed by atoms with Crippen molar-refractivity contribution in [1.82, 2.24) is 0 Å². The highest BCUT2D eigenvalue weighted by atomic mass is 17.2. The van der Waals surface area contributed by atoms with Crippen LogP contribution in [0.4, 0.5) is 0 Å². The molecular weight excluding hydrogens is 156 g/mol. The van der Waals surface area contributed by atoms with E-state index in [1.807, 2.05) is 6.92 Å². The smallest absolute Gasteiger partial charge is 0.194 e. The number of hydrogen-bond donors (Lipinski definition) is 0. The molecule has 0 aromatic carbocycles. The monoisotopic (exact) mass is 174 g/mol. The second-order valence-corrected chi connectivity index (χ2v) is 3.89. The molecule has 0 unspecified atom stereocenters. The third-order valence-corrected chi connectivity index (χ3v) is 2.22. The highest BCUT2D eigenvalue weighted by Crippen LogP contribution is 2.26. The van der Waals surface area contributed by atoms with Crippen LogP contribution in [0.5, 0.6) is 0 Å². The summed E-state index contributed by atoms with van der Waals surface area (Å²) in [4.78, 5) is 10.0. The van der Waals surface area contributed by atoms with E-state index in [1.54, 1.807) is 0 Å². The van der Waals surface area contributed by atoms with Crippen molar-refractivity contribution >= 4 is 0 Å². The molecule has 0 N–H and O–H groups in total. The van der Waals surface area contributed by atoms with Crippen LogP contribution in [0.3, 0.4) is 0 Å². The molecule has 0 amide bonds. The van der Waals surface area contributed by atoms with Crippen LogP contribution in [0.25, 0.3) is 0 Å². The maximum absolute atomic E-state index is 5.74. The predicted octanol–water partition coefficient (Wildman–Crippen LogP) is 2.12. The van der Waals surface area contributed by atoms with Crippen molar-refractivity contribution in [3.05, 3.63) is 0 Å². The second kappa shape index (κ2) is 3.73. The Labute approximate surface area is 73.9 Å². The van der Waals surface area contributed by atoms with Crippen LogP contribution in [-0.2, 0) is 14.5 Å². The molecule has 0 saturated carbocycles. The molecule has 0 spiro atoms. The van der Waals surface area contributed by atoms with E-state index >= 15 is 0 Å². The van der Waals surface area contributed by atoms with Gasteiger partial charge in [-0.3, -0.25) is 0 Å². The van der Waals surface area contributed by atoms with E-state index in [0.29, 0.717) is 12.5 Å². The van der Waals surface area contributed by atoms with Gasteiger partial charge in [0, 0.05) is 5.92 Å². The van der Waals surface area contributed by atoms with E-state index in [0.717, 1.165) is 6.42 Å². The van der Waals surface area contributed by atoms with Gasteiger partial charge in [-0.15, -0.1) is 0 Å². The van der Waals surface area contributed by atoms with Crippen LogP contribution in [-0.4, -0.2) is 18.5 Å². The van der Waals surface area contributed by atoms with Gasteiger partial charge >= 0.3 is 0 Å². The predicted molar refractivity (Wildman–Crippen MR) is 45.4 cm³/mol. The molecule has 72 valence electrons. The summed E-state index contributed by atoms with van der Waals surface area (Å²) in [6, 6.07) is 0. The molecule has 1 aliphatic heterocycles. The second-order valence-electron chi connectivity index (χ2n) is 3.89. The molecule has 1 saturated heterocycles. The summed E-state index contributed by atoms with van der Waals surface area (Å²) in [5, 5.41) is 0. The molecule has 3 heteroatoms. The van der Waals surface area contributed by atoms with Crippen molar-refractivity contribution in [3.63, 3.8) is 0 Å². The molecule has 12 heavy (non-hydrogen) atoms. The summed E-state index contributed by atoms with van der Waals surface area (Å²) >= 11 is 0. The van der Waals surface area contributed by atoms with Gasteiger partial charge < -0.3 is 4.74 Å². The van der Waals surface area contributed by atoms with Crippen LogP contribution >= 0.6 is 0 Å². The fourth-order valence-electron chi connectivity index (χ4n) is 0.992. The van der Waals surface area contributed by atoms with Crippen LogP contribution in [0.2, 0.25) is 0 Å². The minimum atomic E-state index is -0.219. The van der Waals surface area contributed by atoms with Crippen molar-refractivity contribution < 1.29 is 14.5 Å². The molecule has 0 radical (unpaired) electrons. The van der Waals surface area contributed by atoms with Gasteiger partial charge in [0.25, 0.3) is 0 Å². The zero-order chi connectivity index (χ0) is 9.19. The summed E-state index contributed by atoms with van der Waals surface area (Å²) in [5.74, 6) is 0.330. The Bertz CT molecular complexity index is 147. The van der Waals surface area contributed by atoms with Gasteiger partial charge in [0.2, 0.25) is 0 Å². The van der Waals surface area contributed by atoms with E-state index in [9.17, 15) is 0 Å². The average molecular weight is 174 g/mol. The molecule has 1 heterocycles. The average Bonchev–Trinajstić information content (AvgIpc) is 2.05. The summed E-state index contributed by atoms with van der Waals surface area (Å²) in [7, 11) is 0. The zero-order valence-corrected chi connectivity index (χ0v) is 8.29. The minimum Gasteiger partial charge on any atom is -0.341 e. The lowest BCUT2D eigenvalue weighted by atomic mass is 10.0. The lowest BCUT2D eigenvalue weighted by molar-refractivity contribution is -0.458. The van der Waals surface area contributed by atoms with Gasteiger partial charge in [-0.1, -0.05) is 20.8 Å².